The Morgan fingerprint density at radius 1 is 1.62 bits per heavy atom. The van der Waals surface area contributed by atoms with Gasteiger partial charge in [-0.1, -0.05) is 0 Å². The van der Waals surface area contributed by atoms with Gasteiger partial charge in [0.05, 0.1) is 30.7 Å². The number of hydrogen-bond acceptors (Lipinski definition) is 3. The molecule has 2 unspecified atom stereocenters. The lowest BCUT2D eigenvalue weighted by atomic mass is 10.2. The van der Waals surface area contributed by atoms with E-state index in [0.29, 0.717) is 19.0 Å². The van der Waals surface area contributed by atoms with Crippen molar-refractivity contribution in [3.63, 3.8) is 0 Å². The monoisotopic (exact) mass is 249 g/mol. The molecule has 0 N–H and O–H groups in total. The first-order valence-electron chi connectivity index (χ1n) is 5.63. The lowest BCUT2D eigenvalue weighted by Crippen LogP contribution is -2.52. The predicted octanol–water partition coefficient (Wildman–Crippen LogP) is 1.27. The van der Waals surface area contributed by atoms with Crippen LogP contribution in [0.25, 0.3) is 0 Å². The van der Waals surface area contributed by atoms with Crippen LogP contribution in [0.2, 0.25) is 0 Å². The fraction of sp³-hybridized carbons (Fsp3) is 0.909. The molecule has 94 valence electrons. The summed E-state index contributed by atoms with van der Waals surface area (Å²) in [6.45, 7) is 7.04. The van der Waals surface area contributed by atoms with Gasteiger partial charge in [0, 0.05) is 6.54 Å². The zero-order valence-corrected chi connectivity index (χ0v) is 10.9. The fourth-order valence-electron chi connectivity index (χ4n) is 1.58. The molecule has 1 amide bonds. The van der Waals surface area contributed by atoms with Crippen LogP contribution < -0.4 is 0 Å². The van der Waals surface area contributed by atoms with Crippen molar-refractivity contribution >= 4 is 17.5 Å². The van der Waals surface area contributed by atoms with Crippen LogP contribution in [-0.4, -0.2) is 54.7 Å². The molecule has 1 fully saturated rings. The molecule has 4 nitrogen and oxygen atoms in total. The predicted molar refractivity (Wildman–Crippen MR) is 62.7 cm³/mol. The van der Waals surface area contributed by atoms with Crippen molar-refractivity contribution in [2.45, 2.75) is 39.0 Å². The average molecular weight is 250 g/mol. The lowest BCUT2D eigenvalue weighted by molar-refractivity contribution is -0.149. The summed E-state index contributed by atoms with van der Waals surface area (Å²) in [4.78, 5) is 13.7. The second kappa shape index (κ2) is 6.42. The Kier molecular flexibility index (Phi) is 5.52. The Bertz CT molecular complexity index is 235. The van der Waals surface area contributed by atoms with Gasteiger partial charge >= 0.3 is 0 Å². The Morgan fingerprint density at radius 3 is 2.88 bits per heavy atom. The first-order chi connectivity index (χ1) is 7.54. The quantitative estimate of drug-likeness (QED) is 0.705. The molecule has 0 aliphatic carbocycles. The number of amides is 1. The van der Waals surface area contributed by atoms with Crippen molar-refractivity contribution in [1.29, 1.82) is 0 Å². The zero-order chi connectivity index (χ0) is 12.1. The summed E-state index contributed by atoms with van der Waals surface area (Å²) in [5, 5.41) is 0. The molecule has 1 rings (SSSR count). The highest BCUT2D eigenvalue weighted by Gasteiger charge is 2.29. The highest BCUT2D eigenvalue weighted by molar-refractivity contribution is 6.18. The molecular weight excluding hydrogens is 230 g/mol. The lowest BCUT2D eigenvalue weighted by Gasteiger charge is -2.37. The summed E-state index contributed by atoms with van der Waals surface area (Å²) >= 11 is 5.73. The third-order valence-corrected chi connectivity index (χ3v) is 2.88. The maximum atomic E-state index is 11.9. The summed E-state index contributed by atoms with van der Waals surface area (Å²) in [6.07, 6.45) is 0.0185. The van der Waals surface area contributed by atoms with Crippen molar-refractivity contribution in [2.75, 3.05) is 25.6 Å². The number of rotatable bonds is 4. The Morgan fingerprint density at radius 2 is 2.31 bits per heavy atom. The Balaban J connectivity index is 2.45. The number of nitrogens with zero attached hydrogens (tertiary/aromatic N) is 1. The van der Waals surface area contributed by atoms with Gasteiger partial charge in [0.25, 0.3) is 0 Å². The van der Waals surface area contributed by atoms with Gasteiger partial charge in [-0.15, -0.1) is 11.6 Å². The highest BCUT2D eigenvalue weighted by atomic mass is 35.5. The standard InChI is InChI=1S/C11H20ClNO3/c1-8(2)15-7-11(14)13-5-10(4-12)16-6-9(13)3/h8-10H,4-7H2,1-3H3. The number of carbonyl (C=O) groups is 1. The minimum atomic E-state index is -0.0548. The highest BCUT2D eigenvalue weighted by Crippen LogP contribution is 2.13. The first kappa shape index (κ1) is 13.7. The number of carbonyl (C=O) groups excluding carboxylic acids is 1. The van der Waals surface area contributed by atoms with E-state index in [4.69, 9.17) is 21.1 Å². The second-order valence-corrected chi connectivity index (χ2v) is 4.67. The maximum Gasteiger partial charge on any atom is 0.248 e. The molecule has 16 heavy (non-hydrogen) atoms. The first-order valence-corrected chi connectivity index (χ1v) is 6.16. The summed E-state index contributed by atoms with van der Waals surface area (Å²) in [5.74, 6) is 0.432. The minimum absolute atomic E-state index is 0.0135. The number of hydrogen-bond donors (Lipinski definition) is 0. The van der Waals surface area contributed by atoms with Crippen molar-refractivity contribution in [3.05, 3.63) is 0 Å². The van der Waals surface area contributed by atoms with Gasteiger partial charge in [-0.2, -0.15) is 0 Å². The molecule has 0 spiro atoms. The molecule has 1 aliphatic heterocycles. The fourth-order valence-corrected chi connectivity index (χ4v) is 1.77. The zero-order valence-electron chi connectivity index (χ0n) is 10.1. The van der Waals surface area contributed by atoms with Crippen LogP contribution in [-0.2, 0) is 14.3 Å². The SMILES string of the molecule is CC(C)OCC(=O)N1CC(CCl)OCC1C. The van der Waals surface area contributed by atoms with Crippen molar-refractivity contribution in [2.24, 2.45) is 0 Å². The van der Waals surface area contributed by atoms with E-state index in [1.807, 2.05) is 20.8 Å². The van der Waals surface area contributed by atoms with Crippen LogP contribution in [0.3, 0.4) is 0 Å². The molecule has 0 aromatic heterocycles. The third-order valence-electron chi connectivity index (χ3n) is 2.54. The van der Waals surface area contributed by atoms with Crippen LogP contribution in [0, 0.1) is 0 Å². The van der Waals surface area contributed by atoms with E-state index in [2.05, 4.69) is 0 Å². The Hall–Kier alpha value is -0.320. The van der Waals surface area contributed by atoms with Crippen LogP contribution in [0.4, 0.5) is 0 Å². The Labute approximate surface area is 102 Å². The molecular formula is C11H20ClNO3. The summed E-state index contributed by atoms with van der Waals surface area (Å²) < 4.78 is 10.8. The maximum absolute atomic E-state index is 11.9. The molecule has 0 saturated carbocycles. The van der Waals surface area contributed by atoms with Gasteiger partial charge in [-0.25, -0.2) is 0 Å². The van der Waals surface area contributed by atoms with Gasteiger partial charge in [0.1, 0.15) is 6.61 Å². The number of halogens is 1. The number of alkyl halides is 1. The molecule has 0 bridgehead atoms. The molecule has 1 saturated heterocycles. The normalized spacial score (nSPS) is 26.2. The molecule has 1 aliphatic rings. The van der Waals surface area contributed by atoms with Gasteiger partial charge in [0.15, 0.2) is 0 Å². The topological polar surface area (TPSA) is 38.8 Å². The van der Waals surface area contributed by atoms with E-state index in [1.54, 1.807) is 4.90 Å². The third kappa shape index (κ3) is 3.92. The molecule has 2 atom stereocenters. The van der Waals surface area contributed by atoms with Gasteiger partial charge in [0.2, 0.25) is 5.91 Å². The number of ether oxygens (including phenoxy) is 2. The molecule has 1 heterocycles. The summed E-state index contributed by atoms with van der Waals surface area (Å²) in [5.41, 5.74) is 0. The van der Waals surface area contributed by atoms with E-state index in [1.165, 1.54) is 0 Å². The van der Waals surface area contributed by atoms with Crippen LogP contribution in [0.5, 0.6) is 0 Å². The van der Waals surface area contributed by atoms with E-state index in [9.17, 15) is 4.79 Å². The smallest absolute Gasteiger partial charge is 0.248 e. The average Bonchev–Trinajstić information content (AvgIpc) is 2.26. The van der Waals surface area contributed by atoms with Crippen LogP contribution in [0.1, 0.15) is 20.8 Å². The summed E-state index contributed by atoms with van der Waals surface area (Å²) in [6, 6.07) is 0.0997. The summed E-state index contributed by atoms with van der Waals surface area (Å²) in [7, 11) is 0. The molecule has 0 aromatic carbocycles. The van der Waals surface area contributed by atoms with Crippen molar-refractivity contribution in [3.8, 4) is 0 Å². The van der Waals surface area contributed by atoms with E-state index in [-0.39, 0.29) is 30.8 Å². The van der Waals surface area contributed by atoms with Crippen molar-refractivity contribution in [1.82, 2.24) is 4.90 Å². The molecule has 0 radical (unpaired) electrons. The second-order valence-electron chi connectivity index (χ2n) is 4.36. The van der Waals surface area contributed by atoms with Gasteiger partial charge in [-0.3, -0.25) is 4.79 Å². The molecule has 0 aromatic rings. The minimum Gasteiger partial charge on any atom is -0.373 e. The van der Waals surface area contributed by atoms with E-state index in [0.717, 1.165) is 0 Å². The molecule has 5 heteroatoms. The van der Waals surface area contributed by atoms with E-state index >= 15 is 0 Å². The van der Waals surface area contributed by atoms with Crippen molar-refractivity contribution < 1.29 is 14.3 Å². The van der Waals surface area contributed by atoms with Crippen LogP contribution in [0.15, 0.2) is 0 Å². The largest absolute Gasteiger partial charge is 0.373 e. The van der Waals surface area contributed by atoms with Gasteiger partial charge < -0.3 is 14.4 Å². The number of morpholine rings is 1. The van der Waals surface area contributed by atoms with E-state index < -0.39 is 0 Å². The van der Waals surface area contributed by atoms with Gasteiger partial charge in [-0.05, 0) is 20.8 Å². The van der Waals surface area contributed by atoms with Crippen LogP contribution >= 0.6 is 11.6 Å².